The number of rotatable bonds is 6. The van der Waals surface area contributed by atoms with E-state index in [0.717, 1.165) is 14.2 Å². The molecule has 2 rings (SSSR count). The van der Waals surface area contributed by atoms with E-state index in [1.54, 1.807) is 42.5 Å². The van der Waals surface area contributed by atoms with E-state index in [1.807, 2.05) is 0 Å². The van der Waals surface area contributed by atoms with Crippen LogP contribution in [0.15, 0.2) is 54.7 Å². The Morgan fingerprint density at radius 3 is 1.96 bits per heavy atom. The van der Waals surface area contributed by atoms with Gasteiger partial charge in [0, 0.05) is 6.20 Å². The smallest absolute Gasteiger partial charge is 0.321 e. The van der Waals surface area contributed by atoms with E-state index in [0.29, 0.717) is 5.56 Å². The highest BCUT2D eigenvalue weighted by Crippen LogP contribution is 2.30. The molecule has 0 saturated carbocycles. The standard InChI is InChI=1S/C18H17NO5/c1-23-17(21)15(18(22)24-2)14(12-8-4-3-5-9-12)16(20)13-10-6-7-11-19-13/h3-11,14-15H,1-2H3/t14-/m0/s1. The van der Waals surface area contributed by atoms with Crippen molar-refractivity contribution in [1.82, 2.24) is 4.98 Å². The van der Waals surface area contributed by atoms with Gasteiger partial charge < -0.3 is 9.47 Å². The Morgan fingerprint density at radius 2 is 1.46 bits per heavy atom. The summed E-state index contributed by atoms with van der Waals surface area (Å²) in [6.45, 7) is 0. The summed E-state index contributed by atoms with van der Waals surface area (Å²) in [6, 6.07) is 13.4. The van der Waals surface area contributed by atoms with Gasteiger partial charge in [0.2, 0.25) is 0 Å². The third-order valence-electron chi connectivity index (χ3n) is 3.60. The molecule has 0 amide bonds. The average Bonchev–Trinajstić information content (AvgIpc) is 2.65. The molecule has 1 atom stereocenters. The van der Waals surface area contributed by atoms with Crippen LogP contribution in [0.4, 0.5) is 0 Å². The van der Waals surface area contributed by atoms with Crippen molar-refractivity contribution in [2.45, 2.75) is 5.92 Å². The zero-order valence-corrected chi connectivity index (χ0v) is 13.3. The van der Waals surface area contributed by atoms with E-state index in [9.17, 15) is 14.4 Å². The molecular formula is C18H17NO5. The highest BCUT2D eigenvalue weighted by Gasteiger charge is 2.42. The summed E-state index contributed by atoms with van der Waals surface area (Å²) in [5.74, 6) is -4.61. The quantitative estimate of drug-likeness (QED) is 0.458. The number of aromatic nitrogens is 1. The molecule has 1 aromatic carbocycles. The summed E-state index contributed by atoms with van der Waals surface area (Å²) in [5, 5.41) is 0. The summed E-state index contributed by atoms with van der Waals surface area (Å²) < 4.78 is 9.42. The molecule has 0 aliphatic rings. The van der Waals surface area contributed by atoms with Crippen LogP contribution in [0.25, 0.3) is 0 Å². The lowest BCUT2D eigenvalue weighted by atomic mass is 9.81. The van der Waals surface area contributed by atoms with Crippen molar-refractivity contribution in [2.24, 2.45) is 5.92 Å². The van der Waals surface area contributed by atoms with Gasteiger partial charge in [-0.05, 0) is 17.7 Å². The van der Waals surface area contributed by atoms with Crippen LogP contribution >= 0.6 is 0 Å². The number of carbonyl (C=O) groups excluding carboxylic acids is 3. The van der Waals surface area contributed by atoms with Crippen molar-refractivity contribution < 1.29 is 23.9 Å². The predicted molar refractivity (Wildman–Crippen MR) is 85.3 cm³/mol. The number of Topliss-reactive ketones (excluding diaryl/α,β-unsaturated/α-hetero) is 1. The topological polar surface area (TPSA) is 82.6 Å². The van der Waals surface area contributed by atoms with Crippen LogP contribution < -0.4 is 0 Å². The molecule has 0 saturated heterocycles. The first-order valence-corrected chi connectivity index (χ1v) is 7.26. The van der Waals surface area contributed by atoms with Gasteiger partial charge in [-0.15, -0.1) is 0 Å². The number of pyridine rings is 1. The molecule has 0 aliphatic carbocycles. The molecule has 0 aliphatic heterocycles. The van der Waals surface area contributed by atoms with Gasteiger partial charge in [-0.25, -0.2) is 0 Å². The minimum atomic E-state index is -1.41. The van der Waals surface area contributed by atoms with Crippen LogP contribution in [0.2, 0.25) is 0 Å². The first kappa shape index (κ1) is 17.3. The van der Waals surface area contributed by atoms with Crippen LogP contribution in [0, 0.1) is 5.92 Å². The van der Waals surface area contributed by atoms with Gasteiger partial charge in [0.25, 0.3) is 0 Å². The molecular weight excluding hydrogens is 310 g/mol. The van der Waals surface area contributed by atoms with E-state index < -0.39 is 29.6 Å². The molecule has 0 unspecified atom stereocenters. The van der Waals surface area contributed by atoms with E-state index in [2.05, 4.69) is 4.98 Å². The minimum absolute atomic E-state index is 0.157. The summed E-state index contributed by atoms with van der Waals surface area (Å²) in [4.78, 5) is 41.3. The number of carbonyl (C=O) groups is 3. The normalized spacial score (nSPS) is 11.6. The SMILES string of the molecule is COC(=O)C(C(=O)OC)[C@@H](C(=O)c1ccccn1)c1ccccc1. The zero-order valence-electron chi connectivity index (χ0n) is 13.3. The van der Waals surface area contributed by atoms with E-state index >= 15 is 0 Å². The van der Waals surface area contributed by atoms with Crippen molar-refractivity contribution >= 4 is 17.7 Å². The molecule has 0 fully saturated rings. The zero-order chi connectivity index (χ0) is 17.5. The third-order valence-corrected chi connectivity index (χ3v) is 3.60. The second-order valence-electron chi connectivity index (χ2n) is 4.99. The molecule has 124 valence electrons. The number of hydrogen-bond donors (Lipinski definition) is 0. The number of nitrogens with zero attached hydrogens (tertiary/aromatic N) is 1. The Balaban J connectivity index is 2.55. The van der Waals surface area contributed by atoms with Gasteiger partial charge in [-0.2, -0.15) is 0 Å². The highest BCUT2D eigenvalue weighted by molar-refractivity contribution is 6.08. The van der Waals surface area contributed by atoms with E-state index in [1.165, 1.54) is 12.3 Å². The van der Waals surface area contributed by atoms with Crippen LogP contribution in [0.3, 0.4) is 0 Å². The van der Waals surface area contributed by atoms with E-state index in [4.69, 9.17) is 9.47 Å². The average molecular weight is 327 g/mol. The maximum absolute atomic E-state index is 12.9. The second-order valence-corrected chi connectivity index (χ2v) is 4.99. The monoisotopic (exact) mass is 327 g/mol. The maximum Gasteiger partial charge on any atom is 0.321 e. The molecule has 0 N–H and O–H groups in total. The Morgan fingerprint density at radius 1 is 0.875 bits per heavy atom. The van der Waals surface area contributed by atoms with Crippen LogP contribution in [0.1, 0.15) is 22.0 Å². The fourth-order valence-corrected chi connectivity index (χ4v) is 2.45. The molecule has 0 bridgehead atoms. The lowest BCUT2D eigenvalue weighted by Crippen LogP contribution is -2.36. The molecule has 24 heavy (non-hydrogen) atoms. The van der Waals surface area contributed by atoms with Crippen LogP contribution in [-0.4, -0.2) is 36.9 Å². The van der Waals surface area contributed by atoms with Gasteiger partial charge >= 0.3 is 11.9 Å². The first-order valence-electron chi connectivity index (χ1n) is 7.26. The number of esters is 2. The first-order chi connectivity index (χ1) is 11.6. The molecule has 0 radical (unpaired) electrons. The molecule has 6 nitrogen and oxygen atoms in total. The number of ketones is 1. The predicted octanol–water partition coefficient (Wildman–Crippen LogP) is 2.01. The van der Waals surface area contributed by atoms with Gasteiger partial charge in [0.1, 0.15) is 5.69 Å². The maximum atomic E-state index is 12.9. The highest BCUT2D eigenvalue weighted by atomic mass is 16.5. The molecule has 1 aromatic heterocycles. The lowest BCUT2D eigenvalue weighted by molar-refractivity contribution is -0.159. The minimum Gasteiger partial charge on any atom is -0.468 e. The van der Waals surface area contributed by atoms with Gasteiger partial charge in [-0.1, -0.05) is 36.4 Å². The van der Waals surface area contributed by atoms with Gasteiger partial charge in [0.05, 0.1) is 20.1 Å². The van der Waals surface area contributed by atoms with E-state index in [-0.39, 0.29) is 5.69 Å². The number of benzene rings is 1. The molecule has 1 heterocycles. The van der Waals surface area contributed by atoms with Crippen molar-refractivity contribution in [2.75, 3.05) is 14.2 Å². The summed E-state index contributed by atoms with van der Waals surface area (Å²) >= 11 is 0. The fourth-order valence-electron chi connectivity index (χ4n) is 2.45. The largest absolute Gasteiger partial charge is 0.468 e. The number of ether oxygens (including phenoxy) is 2. The Hall–Kier alpha value is -3.02. The van der Waals surface area contributed by atoms with Crippen molar-refractivity contribution in [3.05, 3.63) is 66.0 Å². The Labute approximate surface area is 139 Å². The van der Waals surface area contributed by atoms with Crippen LogP contribution in [0.5, 0.6) is 0 Å². The van der Waals surface area contributed by atoms with Crippen LogP contribution in [-0.2, 0) is 19.1 Å². The van der Waals surface area contributed by atoms with Crippen molar-refractivity contribution in [3.8, 4) is 0 Å². The fraction of sp³-hybridized carbons (Fsp3) is 0.222. The third kappa shape index (κ3) is 3.65. The van der Waals surface area contributed by atoms with Gasteiger partial charge in [0.15, 0.2) is 11.7 Å². The molecule has 2 aromatic rings. The van der Waals surface area contributed by atoms with Gasteiger partial charge in [-0.3, -0.25) is 19.4 Å². The second kappa shape index (κ2) is 8.01. The number of hydrogen-bond acceptors (Lipinski definition) is 6. The number of methoxy groups -OCH3 is 2. The molecule has 6 heteroatoms. The summed E-state index contributed by atoms with van der Waals surface area (Å²) in [6.07, 6.45) is 1.47. The summed E-state index contributed by atoms with van der Waals surface area (Å²) in [5.41, 5.74) is 0.665. The Kier molecular flexibility index (Phi) is 5.78. The molecule has 0 spiro atoms. The Bertz CT molecular complexity index is 699. The van der Waals surface area contributed by atoms with Crippen molar-refractivity contribution in [1.29, 1.82) is 0 Å². The van der Waals surface area contributed by atoms with Crippen molar-refractivity contribution in [3.63, 3.8) is 0 Å². The summed E-state index contributed by atoms with van der Waals surface area (Å²) in [7, 11) is 2.32. The lowest BCUT2D eigenvalue weighted by Gasteiger charge is -2.22.